The van der Waals surface area contributed by atoms with Gasteiger partial charge in [0.1, 0.15) is 11.6 Å². The van der Waals surface area contributed by atoms with E-state index in [2.05, 4.69) is 4.98 Å². The number of carbonyl (C=O) groups is 1. The molecule has 9 heteroatoms. The van der Waals surface area contributed by atoms with E-state index < -0.39 is 16.0 Å². The van der Waals surface area contributed by atoms with Gasteiger partial charge in [-0.15, -0.1) is 11.3 Å². The molecule has 0 N–H and O–H groups in total. The van der Waals surface area contributed by atoms with Crippen LogP contribution in [-0.2, 0) is 21.4 Å². The first kappa shape index (κ1) is 22.4. The molecule has 3 rings (SSSR count). The van der Waals surface area contributed by atoms with Gasteiger partial charge in [0, 0.05) is 24.8 Å². The van der Waals surface area contributed by atoms with Gasteiger partial charge in [-0.1, -0.05) is 55.8 Å². The van der Waals surface area contributed by atoms with E-state index in [-0.39, 0.29) is 22.1 Å². The molecule has 0 saturated heterocycles. The Morgan fingerprint density at radius 1 is 1.13 bits per heavy atom. The van der Waals surface area contributed by atoms with Crippen LogP contribution in [0.3, 0.4) is 0 Å². The molecule has 3 aromatic rings. The molecule has 30 heavy (non-hydrogen) atoms. The summed E-state index contributed by atoms with van der Waals surface area (Å²) >= 11 is 7.56. The maximum atomic E-state index is 12.7. The van der Waals surface area contributed by atoms with Crippen LogP contribution in [0.1, 0.15) is 29.1 Å². The number of sulfonamides is 1. The second-order valence-electron chi connectivity index (χ2n) is 6.30. The Bertz CT molecular complexity index is 1130. The van der Waals surface area contributed by atoms with E-state index in [4.69, 9.17) is 16.3 Å². The summed E-state index contributed by atoms with van der Waals surface area (Å²) in [5.41, 5.74) is 0.995. The number of aromatic nitrogens is 1. The van der Waals surface area contributed by atoms with E-state index in [1.54, 1.807) is 20.0 Å². The van der Waals surface area contributed by atoms with E-state index in [0.717, 1.165) is 15.4 Å². The zero-order chi connectivity index (χ0) is 21.7. The van der Waals surface area contributed by atoms with Gasteiger partial charge in [0.25, 0.3) is 0 Å². The number of carbonyl (C=O) groups excluding carboxylic acids is 1. The fraction of sp³-hybridized carbons (Fsp3) is 0.238. The maximum Gasteiger partial charge on any atom is 0.340 e. The topological polar surface area (TPSA) is 76.6 Å². The highest BCUT2D eigenvalue weighted by Crippen LogP contribution is 2.27. The molecule has 0 fully saturated rings. The van der Waals surface area contributed by atoms with Crippen molar-refractivity contribution in [1.82, 2.24) is 9.29 Å². The lowest BCUT2D eigenvalue weighted by molar-refractivity contribution is 0.0476. The Kier molecular flexibility index (Phi) is 7.25. The first-order valence-corrected chi connectivity index (χ1v) is 12.0. The molecule has 0 aliphatic heterocycles. The molecule has 0 aliphatic rings. The summed E-state index contributed by atoms with van der Waals surface area (Å²) in [4.78, 5) is 17.7. The van der Waals surface area contributed by atoms with Crippen molar-refractivity contribution in [3.8, 4) is 10.6 Å². The predicted octanol–water partition coefficient (Wildman–Crippen LogP) is 4.85. The highest BCUT2D eigenvalue weighted by Gasteiger charge is 2.24. The number of nitrogens with zero attached hydrogens (tertiary/aromatic N) is 2. The summed E-state index contributed by atoms with van der Waals surface area (Å²) in [6, 6.07) is 13.7. The fourth-order valence-electron chi connectivity index (χ4n) is 2.84. The second-order valence-corrected chi connectivity index (χ2v) is 9.77. The van der Waals surface area contributed by atoms with Crippen molar-refractivity contribution in [3.63, 3.8) is 0 Å². The first-order chi connectivity index (χ1) is 14.4. The molecular weight excluding hydrogens is 444 g/mol. The first-order valence-electron chi connectivity index (χ1n) is 9.33. The number of thiazole rings is 1. The Balaban J connectivity index is 1.75. The molecular formula is C21H21ClN2O4S2. The van der Waals surface area contributed by atoms with Crippen molar-refractivity contribution in [1.29, 1.82) is 0 Å². The van der Waals surface area contributed by atoms with Crippen LogP contribution in [0.25, 0.3) is 10.6 Å². The normalized spacial score (nSPS) is 11.6. The average molecular weight is 465 g/mol. The number of hydrogen-bond donors (Lipinski definition) is 0. The summed E-state index contributed by atoms with van der Waals surface area (Å²) in [6.07, 6.45) is 1.66. The van der Waals surface area contributed by atoms with Crippen LogP contribution in [0, 0.1) is 0 Å². The van der Waals surface area contributed by atoms with Crippen molar-refractivity contribution >= 4 is 38.9 Å². The number of rotatable bonds is 8. The van der Waals surface area contributed by atoms with Crippen LogP contribution >= 0.6 is 22.9 Å². The minimum atomic E-state index is -3.71. The average Bonchev–Trinajstić information content (AvgIpc) is 3.22. The largest absolute Gasteiger partial charge is 0.456 e. The van der Waals surface area contributed by atoms with E-state index >= 15 is 0 Å². The van der Waals surface area contributed by atoms with E-state index in [0.29, 0.717) is 13.1 Å². The van der Waals surface area contributed by atoms with Gasteiger partial charge in [0.2, 0.25) is 10.0 Å². The molecule has 158 valence electrons. The number of benzene rings is 2. The van der Waals surface area contributed by atoms with Crippen LogP contribution in [0.4, 0.5) is 0 Å². The minimum absolute atomic E-state index is 0.00621. The molecule has 0 radical (unpaired) electrons. The second kappa shape index (κ2) is 9.70. The summed E-state index contributed by atoms with van der Waals surface area (Å²) < 4.78 is 32.1. The zero-order valence-electron chi connectivity index (χ0n) is 16.5. The molecule has 0 aliphatic carbocycles. The number of halogens is 1. The lowest BCUT2D eigenvalue weighted by Crippen LogP contribution is -2.30. The van der Waals surface area contributed by atoms with Crippen LogP contribution in [0.15, 0.2) is 59.6 Å². The van der Waals surface area contributed by atoms with Gasteiger partial charge in [0.05, 0.1) is 20.4 Å². The third kappa shape index (κ3) is 4.89. The molecule has 1 heterocycles. The molecule has 0 amide bonds. The van der Waals surface area contributed by atoms with Crippen molar-refractivity contribution in [3.05, 3.63) is 70.2 Å². The third-order valence-corrected chi connectivity index (χ3v) is 7.82. The van der Waals surface area contributed by atoms with Gasteiger partial charge in [0.15, 0.2) is 0 Å². The number of ether oxygens (including phenoxy) is 1. The molecule has 1 aromatic heterocycles. The third-order valence-electron chi connectivity index (χ3n) is 4.42. The van der Waals surface area contributed by atoms with E-state index in [1.165, 1.54) is 33.8 Å². The smallest absolute Gasteiger partial charge is 0.340 e. The van der Waals surface area contributed by atoms with Crippen molar-refractivity contribution in [2.75, 3.05) is 13.1 Å². The molecule has 0 saturated carbocycles. The van der Waals surface area contributed by atoms with Gasteiger partial charge < -0.3 is 4.74 Å². The summed E-state index contributed by atoms with van der Waals surface area (Å²) in [6.45, 7) is 4.19. The van der Waals surface area contributed by atoms with Crippen LogP contribution in [0.5, 0.6) is 0 Å². The monoisotopic (exact) mass is 464 g/mol. The highest BCUT2D eigenvalue weighted by atomic mass is 35.5. The summed E-state index contributed by atoms with van der Waals surface area (Å²) in [5.74, 6) is -0.689. The van der Waals surface area contributed by atoms with E-state index in [1.807, 2.05) is 30.3 Å². The lowest BCUT2D eigenvalue weighted by Gasteiger charge is -2.19. The highest BCUT2D eigenvalue weighted by molar-refractivity contribution is 7.89. The Morgan fingerprint density at radius 3 is 2.50 bits per heavy atom. The van der Waals surface area contributed by atoms with E-state index in [9.17, 15) is 13.2 Å². The standard InChI is InChI=1S/C21H21ClN2O4S2/c1-3-24(4-2)30(26,27)17-10-11-19(22)18(12-17)21(25)28-14-16-13-23-20(29-16)15-8-6-5-7-9-15/h5-13H,3-4,14H2,1-2H3. The molecule has 0 atom stereocenters. The maximum absolute atomic E-state index is 12.7. The van der Waals surface area contributed by atoms with Crippen molar-refractivity contribution in [2.24, 2.45) is 0 Å². The predicted molar refractivity (Wildman–Crippen MR) is 118 cm³/mol. The van der Waals surface area contributed by atoms with Crippen molar-refractivity contribution in [2.45, 2.75) is 25.3 Å². The fourth-order valence-corrected chi connectivity index (χ4v) is 5.35. The van der Waals surface area contributed by atoms with Gasteiger partial charge in [-0.3, -0.25) is 0 Å². The number of hydrogen-bond acceptors (Lipinski definition) is 6. The summed E-state index contributed by atoms with van der Waals surface area (Å²) in [5, 5.41) is 0.958. The molecule has 0 spiro atoms. The van der Waals surface area contributed by atoms with Gasteiger partial charge in [-0.05, 0) is 18.2 Å². The van der Waals surface area contributed by atoms with Gasteiger partial charge in [-0.25, -0.2) is 18.2 Å². The quantitative estimate of drug-likeness (QED) is 0.445. The molecule has 2 aromatic carbocycles. The summed E-state index contributed by atoms with van der Waals surface area (Å²) in [7, 11) is -3.71. The SMILES string of the molecule is CCN(CC)S(=O)(=O)c1ccc(Cl)c(C(=O)OCc2cnc(-c3ccccc3)s2)c1. The zero-order valence-corrected chi connectivity index (χ0v) is 18.9. The van der Waals surface area contributed by atoms with Crippen molar-refractivity contribution < 1.29 is 17.9 Å². The molecule has 6 nitrogen and oxygen atoms in total. The van der Waals surface area contributed by atoms with Crippen LogP contribution in [-0.4, -0.2) is 36.8 Å². The Morgan fingerprint density at radius 2 is 1.83 bits per heavy atom. The minimum Gasteiger partial charge on any atom is -0.456 e. The Hall–Kier alpha value is -2.26. The Labute approximate surface area is 185 Å². The van der Waals surface area contributed by atoms with Gasteiger partial charge in [-0.2, -0.15) is 4.31 Å². The van der Waals surface area contributed by atoms with Gasteiger partial charge >= 0.3 is 5.97 Å². The van der Waals surface area contributed by atoms with Crippen LogP contribution < -0.4 is 0 Å². The molecule has 0 bridgehead atoms. The lowest BCUT2D eigenvalue weighted by atomic mass is 10.2. The van der Waals surface area contributed by atoms with Crippen LogP contribution in [0.2, 0.25) is 5.02 Å². The number of esters is 1. The molecule has 0 unspecified atom stereocenters.